The molecule has 1 aliphatic heterocycles. The molecule has 0 spiro atoms. The van der Waals surface area contributed by atoms with Gasteiger partial charge in [0.05, 0.1) is 0 Å². The third kappa shape index (κ3) is 4.97. The van der Waals surface area contributed by atoms with E-state index >= 15 is 0 Å². The molecule has 0 aromatic rings. The topological polar surface area (TPSA) is 15.3 Å². The van der Waals surface area contributed by atoms with Gasteiger partial charge in [0.1, 0.15) is 0 Å². The molecule has 1 fully saturated rings. The van der Waals surface area contributed by atoms with E-state index in [4.69, 9.17) is 0 Å². The van der Waals surface area contributed by atoms with Gasteiger partial charge < -0.3 is 10.2 Å². The molecule has 1 heterocycles. The van der Waals surface area contributed by atoms with Crippen molar-refractivity contribution in [2.45, 2.75) is 53.4 Å². The fraction of sp³-hybridized carbons (Fsp3) is 1.00. The van der Waals surface area contributed by atoms with E-state index in [0.717, 1.165) is 5.92 Å². The second kappa shape index (κ2) is 7.38. The van der Waals surface area contributed by atoms with Crippen LogP contribution >= 0.6 is 0 Å². The molecule has 1 saturated heterocycles. The van der Waals surface area contributed by atoms with Gasteiger partial charge in [-0.25, -0.2) is 0 Å². The zero-order chi connectivity index (χ0) is 12.7. The van der Waals surface area contributed by atoms with Crippen molar-refractivity contribution >= 4 is 0 Å². The quantitative estimate of drug-likeness (QED) is 0.623. The number of nitrogens with one attached hydrogen (secondary N) is 1. The molecule has 1 N–H and O–H groups in total. The molecular formula is C15H32N2. The van der Waals surface area contributed by atoms with Gasteiger partial charge in [-0.1, -0.05) is 27.7 Å². The first kappa shape index (κ1) is 15.0. The van der Waals surface area contributed by atoms with Crippen molar-refractivity contribution in [3.8, 4) is 0 Å². The molecule has 0 aliphatic carbocycles. The Morgan fingerprint density at radius 3 is 2.41 bits per heavy atom. The predicted molar refractivity (Wildman–Crippen MR) is 76.4 cm³/mol. The van der Waals surface area contributed by atoms with Gasteiger partial charge in [0.2, 0.25) is 0 Å². The summed E-state index contributed by atoms with van der Waals surface area (Å²) < 4.78 is 0. The summed E-state index contributed by atoms with van der Waals surface area (Å²) in [5, 5.41) is 3.54. The summed E-state index contributed by atoms with van der Waals surface area (Å²) in [4.78, 5) is 2.64. The van der Waals surface area contributed by atoms with Gasteiger partial charge in [-0.3, -0.25) is 0 Å². The summed E-state index contributed by atoms with van der Waals surface area (Å²) in [6.07, 6.45) is 5.31. The van der Waals surface area contributed by atoms with Crippen molar-refractivity contribution in [2.24, 2.45) is 11.3 Å². The molecule has 1 aliphatic rings. The Hall–Kier alpha value is -0.0800. The summed E-state index contributed by atoms with van der Waals surface area (Å²) >= 11 is 0. The van der Waals surface area contributed by atoms with Gasteiger partial charge >= 0.3 is 0 Å². The van der Waals surface area contributed by atoms with Crippen LogP contribution in [0.3, 0.4) is 0 Å². The minimum absolute atomic E-state index is 0.637. The SMILES string of the molecule is CCCNCCC1(CC)CN(CCC(C)C)C1. The van der Waals surface area contributed by atoms with Crippen molar-refractivity contribution in [2.75, 3.05) is 32.7 Å². The summed E-state index contributed by atoms with van der Waals surface area (Å²) in [5.74, 6) is 0.845. The smallest absolute Gasteiger partial charge is 0.00509 e. The molecule has 0 bridgehead atoms. The lowest BCUT2D eigenvalue weighted by molar-refractivity contribution is -0.0116. The molecule has 0 unspecified atom stereocenters. The van der Waals surface area contributed by atoms with Crippen LogP contribution in [0.1, 0.15) is 53.4 Å². The van der Waals surface area contributed by atoms with Crippen molar-refractivity contribution in [3.05, 3.63) is 0 Å². The summed E-state index contributed by atoms with van der Waals surface area (Å²) in [6, 6.07) is 0. The van der Waals surface area contributed by atoms with Gasteiger partial charge in [-0.15, -0.1) is 0 Å². The molecule has 2 heteroatoms. The minimum atomic E-state index is 0.637. The van der Waals surface area contributed by atoms with E-state index in [9.17, 15) is 0 Å². The van der Waals surface area contributed by atoms with Gasteiger partial charge in [-0.2, -0.15) is 0 Å². The second-order valence-electron chi connectivity index (χ2n) is 6.25. The number of hydrogen-bond acceptors (Lipinski definition) is 2. The third-order valence-electron chi connectivity index (χ3n) is 4.15. The summed E-state index contributed by atoms with van der Waals surface area (Å²) in [6.45, 7) is 15.6. The van der Waals surface area contributed by atoms with Crippen LogP contribution in [0.15, 0.2) is 0 Å². The van der Waals surface area contributed by atoms with E-state index < -0.39 is 0 Å². The zero-order valence-corrected chi connectivity index (χ0v) is 12.4. The molecular weight excluding hydrogens is 208 g/mol. The summed E-state index contributed by atoms with van der Waals surface area (Å²) in [5.41, 5.74) is 0.637. The third-order valence-corrected chi connectivity index (χ3v) is 4.15. The fourth-order valence-electron chi connectivity index (χ4n) is 2.72. The number of hydrogen-bond donors (Lipinski definition) is 1. The van der Waals surface area contributed by atoms with Crippen LogP contribution in [0.4, 0.5) is 0 Å². The normalized spacial score (nSPS) is 19.6. The maximum Gasteiger partial charge on any atom is 0.00509 e. The number of likely N-dealkylation sites (tertiary alicyclic amines) is 1. The van der Waals surface area contributed by atoms with Crippen LogP contribution in [0.2, 0.25) is 0 Å². The molecule has 2 nitrogen and oxygen atoms in total. The molecule has 0 aromatic carbocycles. The van der Waals surface area contributed by atoms with Crippen molar-refractivity contribution < 1.29 is 0 Å². The lowest BCUT2D eigenvalue weighted by Gasteiger charge is -2.50. The molecule has 0 aromatic heterocycles. The van der Waals surface area contributed by atoms with Crippen LogP contribution in [-0.4, -0.2) is 37.6 Å². The lowest BCUT2D eigenvalue weighted by atomic mass is 9.74. The lowest BCUT2D eigenvalue weighted by Crippen LogP contribution is -2.57. The molecule has 1 rings (SSSR count). The monoisotopic (exact) mass is 240 g/mol. The van der Waals surface area contributed by atoms with Gasteiger partial charge in [0, 0.05) is 13.1 Å². The average Bonchev–Trinajstić information content (AvgIpc) is 2.25. The minimum Gasteiger partial charge on any atom is -0.317 e. The molecule has 0 atom stereocenters. The molecule has 0 saturated carbocycles. The molecule has 17 heavy (non-hydrogen) atoms. The average molecular weight is 240 g/mol. The Morgan fingerprint density at radius 2 is 1.88 bits per heavy atom. The standard InChI is InChI=1S/C15H32N2/c1-5-9-16-10-8-15(6-2)12-17(13-15)11-7-14(3)4/h14,16H,5-13H2,1-4H3. The van der Waals surface area contributed by atoms with Gasteiger partial charge in [0.15, 0.2) is 0 Å². The zero-order valence-electron chi connectivity index (χ0n) is 12.4. The van der Waals surface area contributed by atoms with E-state index in [0.29, 0.717) is 5.41 Å². The highest BCUT2D eigenvalue weighted by Crippen LogP contribution is 2.37. The van der Waals surface area contributed by atoms with Gasteiger partial charge in [-0.05, 0) is 56.7 Å². The Morgan fingerprint density at radius 1 is 1.18 bits per heavy atom. The number of rotatable bonds is 9. The highest BCUT2D eigenvalue weighted by Gasteiger charge is 2.40. The van der Waals surface area contributed by atoms with E-state index in [1.165, 1.54) is 58.4 Å². The van der Waals surface area contributed by atoms with Gasteiger partial charge in [0.25, 0.3) is 0 Å². The van der Waals surface area contributed by atoms with E-state index in [2.05, 4.69) is 37.9 Å². The fourth-order valence-corrected chi connectivity index (χ4v) is 2.72. The Bertz CT molecular complexity index is 195. The molecule has 102 valence electrons. The van der Waals surface area contributed by atoms with Crippen molar-refractivity contribution in [3.63, 3.8) is 0 Å². The van der Waals surface area contributed by atoms with Crippen molar-refractivity contribution in [1.82, 2.24) is 10.2 Å². The van der Waals surface area contributed by atoms with Crippen LogP contribution in [0, 0.1) is 11.3 Å². The Balaban J connectivity index is 2.14. The Kier molecular flexibility index (Phi) is 6.50. The number of nitrogens with zero attached hydrogens (tertiary/aromatic N) is 1. The summed E-state index contributed by atoms with van der Waals surface area (Å²) in [7, 11) is 0. The van der Waals surface area contributed by atoms with E-state index in [1.54, 1.807) is 0 Å². The first-order valence-electron chi connectivity index (χ1n) is 7.55. The van der Waals surface area contributed by atoms with Crippen LogP contribution in [0.5, 0.6) is 0 Å². The highest BCUT2D eigenvalue weighted by molar-refractivity contribution is 4.94. The maximum absolute atomic E-state index is 3.54. The Labute approximate surface area is 108 Å². The maximum atomic E-state index is 3.54. The largest absolute Gasteiger partial charge is 0.317 e. The van der Waals surface area contributed by atoms with E-state index in [-0.39, 0.29) is 0 Å². The van der Waals surface area contributed by atoms with E-state index in [1.807, 2.05) is 0 Å². The van der Waals surface area contributed by atoms with Crippen LogP contribution < -0.4 is 5.32 Å². The predicted octanol–water partition coefficient (Wildman–Crippen LogP) is 3.13. The molecule has 0 amide bonds. The van der Waals surface area contributed by atoms with Crippen molar-refractivity contribution in [1.29, 1.82) is 0 Å². The molecule has 0 radical (unpaired) electrons. The first-order valence-corrected chi connectivity index (χ1v) is 7.55. The first-order chi connectivity index (χ1) is 8.12. The second-order valence-corrected chi connectivity index (χ2v) is 6.25. The van der Waals surface area contributed by atoms with Crippen LogP contribution in [-0.2, 0) is 0 Å². The highest BCUT2D eigenvalue weighted by atomic mass is 15.2. The van der Waals surface area contributed by atoms with Crippen LogP contribution in [0.25, 0.3) is 0 Å².